The predicted octanol–water partition coefficient (Wildman–Crippen LogP) is 2.08. The zero-order valence-corrected chi connectivity index (χ0v) is 17.2. The molecule has 1 heterocycles. The molecule has 0 saturated heterocycles. The summed E-state index contributed by atoms with van der Waals surface area (Å²) in [5.74, 6) is 0.486. The van der Waals surface area contributed by atoms with Crippen molar-refractivity contribution in [2.24, 2.45) is 5.73 Å². The highest BCUT2D eigenvalue weighted by atomic mass is 16.5. The number of amides is 2. The van der Waals surface area contributed by atoms with Crippen molar-refractivity contribution < 1.29 is 23.6 Å². The first-order valence-electron chi connectivity index (χ1n) is 9.51. The number of hydrogen-bond acceptors (Lipinski definition) is 8. The number of anilines is 1. The first-order chi connectivity index (χ1) is 15.0. The lowest BCUT2D eigenvalue weighted by Gasteiger charge is -2.10. The molecule has 10 heteroatoms. The molecule has 0 atom stereocenters. The maximum atomic E-state index is 12.6. The number of carbonyl (C=O) groups excluding carboxylic acids is 2. The summed E-state index contributed by atoms with van der Waals surface area (Å²) in [7, 11) is 3.02. The van der Waals surface area contributed by atoms with E-state index in [2.05, 4.69) is 20.8 Å². The molecular weight excluding hydrogens is 402 g/mol. The summed E-state index contributed by atoms with van der Waals surface area (Å²) in [5.41, 5.74) is 6.61. The van der Waals surface area contributed by atoms with Gasteiger partial charge in [0.2, 0.25) is 5.82 Å². The average Bonchev–Trinajstić information content (AvgIpc) is 3.27. The molecule has 2 amide bonds. The molecule has 0 spiro atoms. The van der Waals surface area contributed by atoms with Crippen molar-refractivity contribution in [1.82, 2.24) is 15.5 Å². The molecule has 3 rings (SSSR count). The highest BCUT2D eigenvalue weighted by Crippen LogP contribution is 2.23. The molecule has 2 aromatic carbocycles. The lowest BCUT2D eigenvalue weighted by molar-refractivity contribution is 0.0950. The van der Waals surface area contributed by atoms with Gasteiger partial charge in [0.15, 0.2) is 0 Å². The third-order valence-corrected chi connectivity index (χ3v) is 4.37. The van der Waals surface area contributed by atoms with Gasteiger partial charge >= 0.3 is 6.01 Å². The number of hydrogen-bond donors (Lipinski definition) is 3. The van der Waals surface area contributed by atoms with E-state index in [1.807, 2.05) is 0 Å². The summed E-state index contributed by atoms with van der Waals surface area (Å²) in [6, 6.07) is 11.5. The van der Waals surface area contributed by atoms with Crippen LogP contribution in [0, 0.1) is 0 Å². The largest absolute Gasteiger partial charge is 0.497 e. The molecule has 0 saturated carbocycles. The molecule has 0 radical (unpaired) electrons. The summed E-state index contributed by atoms with van der Waals surface area (Å²) in [5, 5.41) is 9.14. The Kier molecular flexibility index (Phi) is 7.17. The van der Waals surface area contributed by atoms with E-state index in [1.165, 1.54) is 19.2 Å². The molecule has 4 N–H and O–H groups in total. The number of benzene rings is 2. The molecule has 0 aliphatic heterocycles. The fraction of sp³-hybridized carbons (Fsp3) is 0.238. The molecule has 0 aliphatic rings. The normalized spacial score (nSPS) is 10.4. The molecule has 31 heavy (non-hydrogen) atoms. The van der Waals surface area contributed by atoms with Crippen molar-refractivity contribution in [2.45, 2.75) is 6.42 Å². The molecule has 0 aliphatic carbocycles. The molecule has 0 bridgehead atoms. The van der Waals surface area contributed by atoms with Crippen molar-refractivity contribution in [3.8, 4) is 22.9 Å². The summed E-state index contributed by atoms with van der Waals surface area (Å²) in [4.78, 5) is 29.2. The third kappa shape index (κ3) is 5.37. The zero-order chi connectivity index (χ0) is 22.2. The Morgan fingerprint density at radius 2 is 1.84 bits per heavy atom. The number of rotatable bonds is 9. The van der Waals surface area contributed by atoms with E-state index < -0.39 is 5.91 Å². The molecule has 0 unspecified atom stereocenters. The van der Waals surface area contributed by atoms with Crippen LogP contribution in [0.1, 0.15) is 27.1 Å². The Morgan fingerprint density at radius 3 is 2.52 bits per heavy atom. The number of methoxy groups -OCH3 is 2. The van der Waals surface area contributed by atoms with Crippen LogP contribution >= 0.6 is 0 Å². The molecular formula is C21H23N5O5. The Bertz CT molecular complexity index is 1050. The van der Waals surface area contributed by atoms with Gasteiger partial charge in [-0.15, -0.1) is 0 Å². The van der Waals surface area contributed by atoms with Crippen LogP contribution in [-0.2, 0) is 0 Å². The Labute approximate surface area is 178 Å². The number of nitrogens with one attached hydrogen (secondary N) is 2. The predicted molar refractivity (Wildman–Crippen MR) is 113 cm³/mol. The second-order valence-electron chi connectivity index (χ2n) is 6.42. The first kappa shape index (κ1) is 21.8. The van der Waals surface area contributed by atoms with Gasteiger partial charge in [-0.3, -0.25) is 14.9 Å². The summed E-state index contributed by atoms with van der Waals surface area (Å²) < 4.78 is 15.5. The van der Waals surface area contributed by atoms with E-state index in [0.29, 0.717) is 42.4 Å². The quantitative estimate of drug-likeness (QED) is 0.443. The van der Waals surface area contributed by atoms with Crippen LogP contribution in [0.4, 0.5) is 6.01 Å². The Morgan fingerprint density at radius 1 is 1.06 bits per heavy atom. The molecule has 3 aromatic rings. The van der Waals surface area contributed by atoms with Gasteiger partial charge in [-0.2, -0.15) is 4.98 Å². The van der Waals surface area contributed by atoms with E-state index >= 15 is 0 Å². The molecule has 162 valence electrons. The second-order valence-corrected chi connectivity index (χ2v) is 6.42. The number of nitrogens with zero attached hydrogens (tertiary/aromatic N) is 2. The Balaban J connectivity index is 1.73. The number of nitrogens with two attached hydrogens (primary N) is 1. The van der Waals surface area contributed by atoms with Crippen LogP contribution < -0.4 is 25.8 Å². The van der Waals surface area contributed by atoms with Crippen LogP contribution in [0.25, 0.3) is 11.4 Å². The van der Waals surface area contributed by atoms with Gasteiger partial charge in [-0.05, 0) is 55.4 Å². The lowest BCUT2D eigenvalue weighted by Crippen LogP contribution is -2.26. The van der Waals surface area contributed by atoms with Crippen molar-refractivity contribution in [3.63, 3.8) is 0 Å². The summed E-state index contributed by atoms with van der Waals surface area (Å²) >= 11 is 0. The van der Waals surface area contributed by atoms with Gasteiger partial charge in [0.25, 0.3) is 11.8 Å². The van der Waals surface area contributed by atoms with Gasteiger partial charge in [0, 0.05) is 17.7 Å². The van der Waals surface area contributed by atoms with Crippen LogP contribution in [-0.4, -0.2) is 49.3 Å². The average molecular weight is 425 g/mol. The summed E-state index contributed by atoms with van der Waals surface area (Å²) in [6.45, 7) is 0.883. The fourth-order valence-corrected chi connectivity index (χ4v) is 2.73. The fourth-order valence-electron chi connectivity index (χ4n) is 2.73. The third-order valence-electron chi connectivity index (χ3n) is 4.37. The van der Waals surface area contributed by atoms with E-state index in [0.717, 1.165) is 0 Å². The van der Waals surface area contributed by atoms with Crippen LogP contribution in [0.15, 0.2) is 47.0 Å². The number of carbonyl (C=O) groups is 2. The van der Waals surface area contributed by atoms with Crippen LogP contribution in [0.2, 0.25) is 0 Å². The topological polar surface area (TPSA) is 142 Å². The van der Waals surface area contributed by atoms with Crippen molar-refractivity contribution in [3.05, 3.63) is 53.6 Å². The van der Waals surface area contributed by atoms with E-state index in [9.17, 15) is 9.59 Å². The minimum Gasteiger partial charge on any atom is -0.497 e. The SMILES string of the molecule is COc1ccc(-c2noc(NC(=O)c3ccc(OC)c(C(=O)NCCCN)c3)n2)cc1. The van der Waals surface area contributed by atoms with Gasteiger partial charge in [0.05, 0.1) is 19.8 Å². The molecule has 0 fully saturated rings. The van der Waals surface area contributed by atoms with Gasteiger partial charge in [-0.1, -0.05) is 5.16 Å². The lowest BCUT2D eigenvalue weighted by atomic mass is 10.1. The minimum atomic E-state index is -0.511. The number of ether oxygens (including phenoxy) is 2. The highest BCUT2D eigenvalue weighted by molar-refractivity contribution is 6.06. The zero-order valence-electron chi connectivity index (χ0n) is 17.2. The smallest absolute Gasteiger partial charge is 0.328 e. The second kappa shape index (κ2) is 10.2. The van der Waals surface area contributed by atoms with Gasteiger partial charge in [0.1, 0.15) is 11.5 Å². The van der Waals surface area contributed by atoms with Gasteiger partial charge in [-0.25, -0.2) is 0 Å². The van der Waals surface area contributed by atoms with Crippen molar-refractivity contribution in [1.29, 1.82) is 0 Å². The molecule has 1 aromatic heterocycles. The number of aromatic nitrogens is 2. The van der Waals surface area contributed by atoms with E-state index in [1.54, 1.807) is 37.4 Å². The van der Waals surface area contributed by atoms with Crippen LogP contribution in [0.5, 0.6) is 11.5 Å². The highest BCUT2D eigenvalue weighted by Gasteiger charge is 2.18. The first-order valence-corrected chi connectivity index (χ1v) is 9.51. The van der Waals surface area contributed by atoms with E-state index in [4.69, 9.17) is 19.7 Å². The van der Waals surface area contributed by atoms with Crippen molar-refractivity contribution >= 4 is 17.8 Å². The minimum absolute atomic E-state index is 0.0689. The maximum Gasteiger partial charge on any atom is 0.328 e. The maximum absolute atomic E-state index is 12.6. The van der Waals surface area contributed by atoms with Gasteiger partial charge < -0.3 is 25.0 Å². The summed E-state index contributed by atoms with van der Waals surface area (Å²) in [6.07, 6.45) is 0.641. The standard InChI is InChI=1S/C21H23N5O5/c1-29-15-7-4-13(5-8-15)18-24-21(31-26-18)25-19(27)14-6-9-17(30-2)16(12-14)20(28)23-11-3-10-22/h4-9,12H,3,10-11,22H2,1-2H3,(H,23,28)(H,24,25,26,27). The van der Waals surface area contributed by atoms with Crippen LogP contribution in [0.3, 0.4) is 0 Å². The molecule has 10 nitrogen and oxygen atoms in total. The van der Waals surface area contributed by atoms with Crippen molar-refractivity contribution in [2.75, 3.05) is 32.6 Å². The Hall–Kier alpha value is -3.92. The van der Waals surface area contributed by atoms with E-state index in [-0.39, 0.29) is 23.0 Å². The monoisotopic (exact) mass is 425 g/mol.